The zero-order valence-electron chi connectivity index (χ0n) is 24.6. The van der Waals surface area contributed by atoms with Crippen molar-refractivity contribution in [3.05, 3.63) is 142 Å². The summed E-state index contributed by atoms with van der Waals surface area (Å²) >= 11 is -1.88. The molecule has 41 heavy (non-hydrogen) atoms. The van der Waals surface area contributed by atoms with Crippen molar-refractivity contribution in [1.29, 1.82) is 0 Å². The number of anilines is 2. The van der Waals surface area contributed by atoms with E-state index in [0.717, 1.165) is 17.2 Å². The molecular formula is C36H37Cl2N2Ru-. The van der Waals surface area contributed by atoms with Crippen LogP contribution in [0.3, 0.4) is 0 Å². The Morgan fingerprint density at radius 1 is 0.610 bits per heavy atom. The molecule has 1 aliphatic heterocycles. The molecule has 4 aromatic carbocycles. The van der Waals surface area contributed by atoms with Crippen LogP contribution in [0.2, 0.25) is 0 Å². The molecule has 0 atom stereocenters. The second kappa shape index (κ2) is 12.7. The standard InChI is InChI=1S/C21H27N2.C15H10.2ClH.Ru/c1-14-9-16(3)20(17(4)10-14)22-7-8-23(13-22)21-18(5)11-15(2)12-19(21)6;1-2-6-12(7-3-1)15-11-10-13-8-4-5-9-14(13)15;;;/h9-13H,7-8H2,1-6H3;1-9,11H;2*1H;/q-1;;;;+2/p-2. The van der Waals surface area contributed by atoms with E-state index in [-0.39, 0.29) is 0 Å². The van der Waals surface area contributed by atoms with Crippen molar-refractivity contribution in [1.82, 2.24) is 0 Å². The zero-order chi connectivity index (χ0) is 29.3. The summed E-state index contributed by atoms with van der Waals surface area (Å²) in [6.07, 6.45) is 2.15. The van der Waals surface area contributed by atoms with E-state index in [4.69, 9.17) is 19.4 Å². The van der Waals surface area contributed by atoms with Crippen molar-refractivity contribution < 1.29 is 13.5 Å². The number of hydrogen-bond acceptors (Lipinski definition) is 2. The molecule has 4 aromatic rings. The second-order valence-corrected chi connectivity index (χ2v) is 16.8. The van der Waals surface area contributed by atoms with Gasteiger partial charge in [0, 0.05) is 24.5 Å². The van der Waals surface area contributed by atoms with Gasteiger partial charge in [0.2, 0.25) is 0 Å². The minimum absolute atomic E-state index is 1.04. The van der Waals surface area contributed by atoms with Gasteiger partial charge in [0.15, 0.2) is 0 Å². The summed E-state index contributed by atoms with van der Waals surface area (Å²) in [7, 11) is 12.4. The van der Waals surface area contributed by atoms with Gasteiger partial charge in [0.05, 0.1) is 0 Å². The van der Waals surface area contributed by atoms with Crippen molar-refractivity contribution >= 4 is 40.4 Å². The molecule has 2 aliphatic rings. The molecular weight excluding hydrogens is 632 g/mol. The van der Waals surface area contributed by atoms with Crippen LogP contribution in [-0.4, -0.2) is 17.2 Å². The van der Waals surface area contributed by atoms with E-state index >= 15 is 0 Å². The van der Waals surface area contributed by atoms with Crippen LogP contribution in [0.4, 0.5) is 11.4 Å². The fraction of sp³-hybridized carbons (Fsp3) is 0.222. The van der Waals surface area contributed by atoms with Gasteiger partial charge in [-0.15, -0.1) is 0 Å². The maximum atomic E-state index is 6.19. The third kappa shape index (κ3) is 6.39. The van der Waals surface area contributed by atoms with Crippen LogP contribution < -0.4 is 9.80 Å². The number of nitrogens with zero attached hydrogens (tertiary/aromatic N) is 2. The summed E-state index contributed by atoms with van der Waals surface area (Å²) in [6.45, 7) is 17.6. The number of hydrogen-bond donors (Lipinski definition) is 0. The van der Waals surface area contributed by atoms with Gasteiger partial charge in [0.1, 0.15) is 0 Å². The second-order valence-electron chi connectivity index (χ2n) is 11.0. The van der Waals surface area contributed by atoms with E-state index in [0.29, 0.717) is 0 Å². The Morgan fingerprint density at radius 2 is 1.05 bits per heavy atom. The third-order valence-electron chi connectivity index (χ3n) is 7.67. The molecule has 1 saturated heterocycles. The summed E-state index contributed by atoms with van der Waals surface area (Å²) in [5.41, 5.74) is 15.7. The average molecular weight is 670 g/mol. The van der Waals surface area contributed by atoms with Gasteiger partial charge < -0.3 is 9.80 Å². The first-order valence-electron chi connectivity index (χ1n) is 13.9. The van der Waals surface area contributed by atoms with Crippen LogP contribution in [0.15, 0.2) is 84.9 Å². The predicted molar refractivity (Wildman–Crippen MR) is 176 cm³/mol. The van der Waals surface area contributed by atoms with Gasteiger partial charge in [0.25, 0.3) is 0 Å². The summed E-state index contributed by atoms with van der Waals surface area (Å²) in [4.78, 5) is 4.81. The van der Waals surface area contributed by atoms with Crippen molar-refractivity contribution in [2.75, 3.05) is 22.9 Å². The Bertz CT molecular complexity index is 1540. The van der Waals surface area contributed by atoms with Crippen molar-refractivity contribution in [2.24, 2.45) is 0 Å². The molecule has 1 heterocycles. The van der Waals surface area contributed by atoms with Crippen LogP contribution >= 0.6 is 19.4 Å². The van der Waals surface area contributed by atoms with Gasteiger partial charge in [-0.2, -0.15) is 6.67 Å². The van der Waals surface area contributed by atoms with E-state index in [1.165, 1.54) is 67.0 Å². The number of aryl methyl sites for hydroxylation is 6. The number of benzene rings is 4. The third-order valence-corrected chi connectivity index (χ3v) is 10.8. The van der Waals surface area contributed by atoms with E-state index in [2.05, 4.69) is 119 Å². The van der Waals surface area contributed by atoms with Crippen LogP contribution in [0.5, 0.6) is 0 Å². The van der Waals surface area contributed by atoms with Crippen molar-refractivity contribution in [3.8, 4) is 0 Å². The van der Waals surface area contributed by atoms with E-state index in [9.17, 15) is 0 Å². The number of allylic oxidation sites excluding steroid dienone is 1. The fourth-order valence-corrected chi connectivity index (χ4v) is 8.74. The fourth-order valence-electron chi connectivity index (χ4n) is 6.26. The van der Waals surface area contributed by atoms with Gasteiger partial charge in [-0.25, -0.2) is 0 Å². The van der Waals surface area contributed by atoms with Crippen LogP contribution in [0.1, 0.15) is 50.1 Å². The number of halogens is 2. The quantitative estimate of drug-likeness (QED) is 0.158. The first-order valence-corrected chi connectivity index (χ1v) is 19.3. The monoisotopic (exact) mass is 669 g/mol. The Kier molecular flexibility index (Phi) is 9.19. The van der Waals surface area contributed by atoms with E-state index in [1.54, 1.807) is 0 Å². The zero-order valence-corrected chi connectivity index (χ0v) is 27.8. The van der Waals surface area contributed by atoms with Crippen molar-refractivity contribution in [3.63, 3.8) is 0 Å². The Hall–Kier alpha value is -2.71. The summed E-state index contributed by atoms with van der Waals surface area (Å²) < 4.78 is 1.12. The molecule has 0 bridgehead atoms. The molecule has 0 N–H and O–H groups in total. The molecule has 0 saturated carbocycles. The molecule has 0 aromatic heterocycles. The molecule has 0 radical (unpaired) electrons. The Labute approximate surface area is 258 Å². The normalized spacial score (nSPS) is 14.5. The number of rotatable bonds is 3. The average Bonchev–Trinajstić information content (AvgIpc) is 3.54. The molecule has 6 rings (SSSR count). The Balaban J connectivity index is 0.000000169. The molecule has 1 fully saturated rings. The molecule has 2 nitrogen and oxygen atoms in total. The first kappa shape index (κ1) is 29.8. The van der Waals surface area contributed by atoms with Crippen molar-refractivity contribution in [2.45, 2.75) is 41.5 Å². The molecule has 0 amide bonds. The van der Waals surface area contributed by atoms with Gasteiger partial charge in [-0.05, 0) is 63.8 Å². The maximum absolute atomic E-state index is 6.19. The summed E-state index contributed by atoms with van der Waals surface area (Å²) in [5.74, 6) is 0. The SMILES string of the molecule is Cc1cc(C)c(N2[CH-]N(c3c(C)cc(C)cc3C)CC2)c(C)c1.[Cl][Ru]([Cl])=[C]1C=C(c2ccccc2)c2ccccc21. The molecule has 0 spiro atoms. The minimum atomic E-state index is -1.88. The van der Waals surface area contributed by atoms with Crippen LogP contribution in [-0.2, 0) is 13.5 Å². The predicted octanol–water partition coefficient (Wildman–Crippen LogP) is 9.56. The van der Waals surface area contributed by atoms with Gasteiger partial charge in [-0.3, -0.25) is 0 Å². The molecule has 214 valence electrons. The molecule has 5 heteroatoms. The van der Waals surface area contributed by atoms with Crippen LogP contribution in [0.25, 0.3) is 5.57 Å². The summed E-state index contributed by atoms with van der Waals surface area (Å²) in [5, 5.41) is 0. The van der Waals surface area contributed by atoms with Crippen LogP contribution in [0, 0.1) is 48.2 Å². The van der Waals surface area contributed by atoms with Gasteiger partial charge >= 0.3 is 120 Å². The molecule has 1 aliphatic carbocycles. The molecule has 0 unspecified atom stereocenters. The van der Waals surface area contributed by atoms with E-state index < -0.39 is 13.5 Å². The Morgan fingerprint density at radius 3 is 1.51 bits per heavy atom. The van der Waals surface area contributed by atoms with Gasteiger partial charge in [-0.1, -0.05) is 35.4 Å². The first-order chi connectivity index (χ1) is 19.6. The summed E-state index contributed by atoms with van der Waals surface area (Å²) in [6, 6.07) is 27.8. The topological polar surface area (TPSA) is 6.48 Å². The van der Waals surface area contributed by atoms with E-state index in [1.807, 2.05) is 24.3 Å². The number of fused-ring (bicyclic) bond motifs is 1.